The molecule has 0 unspecified atom stereocenters. The van der Waals surface area contributed by atoms with Crippen LogP contribution < -0.4 is 11.1 Å². The number of nitrogens with one attached hydrogen (secondary N) is 1. The van der Waals surface area contributed by atoms with Crippen molar-refractivity contribution in [1.29, 1.82) is 0 Å². The molecule has 4 nitrogen and oxygen atoms in total. The van der Waals surface area contributed by atoms with Crippen LogP contribution in [0.4, 0.5) is 0 Å². The first-order valence-electron chi connectivity index (χ1n) is 6.83. The molecule has 0 atom stereocenters. The molecule has 1 N–H and O–H groups in total. The predicted molar refractivity (Wildman–Crippen MR) is 77.2 cm³/mol. The van der Waals surface area contributed by atoms with E-state index in [4.69, 9.17) is 4.42 Å². The second-order valence-electron chi connectivity index (χ2n) is 5.35. The van der Waals surface area contributed by atoms with Gasteiger partial charge in [-0.25, -0.2) is 4.79 Å². The zero-order valence-corrected chi connectivity index (χ0v) is 10.8. The first kappa shape index (κ1) is 11.5. The molecule has 1 aliphatic carbocycles. The normalized spacial score (nSPS) is 15.6. The van der Waals surface area contributed by atoms with E-state index in [0.717, 1.165) is 18.4 Å². The lowest BCUT2D eigenvalue weighted by Gasteiger charge is -2.23. The van der Waals surface area contributed by atoms with Gasteiger partial charge in [0.2, 0.25) is 5.43 Å². The van der Waals surface area contributed by atoms with E-state index < -0.39 is 5.63 Å². The van der Waals surface area contributed by atoms with Gasteiger partial charge in [-0.1, -0.05) is 18.6 Å². The monoisotopic (exact) mass is 267 g/mol. The topological polar surface area (TPSA) is 63.1 Å². The maximum atomic E-state index is 12.4. The van der Waals surface area contributed by atoms with E-state index in [1.54, 1.807) is 12.1 Å². The van der Waals surface area contributed by atoms with Crippen molar-refractivity contribution >= 4 is 21.8 Å². The lowest BCUT2D eigenvalue weighted by Crippen LogP contribution is -2.17. The van der Waals surface area contributed by atoms with Crippen molar-refractivity contribution in [2.45, 2.75) is 25.2 Å². The van der Waals surface area contributed by atoms with Crippen molar-refractivity contribution < 1.29 is 4.42 Å². The smallest absolute Gasteiger partial charge is 0.349 e. The fourth-order valence-corrected chi connectivity index (χ4v) is 2.79. The number of H-pyrrole nitrogens is 1. The van der Waals surface area contributed by atoms with Crippen LogP contribution >= 0.6 is 0 Å². The first-order valence-corrected chi connectivity index (χ1v) is 6.83. The Kier molecular flexibility index (Phi) is 2.33. The van der Waals surface area contributed by atoms with Crippen molar-refractivity contribution in [3.63, 3.8) is 0 Å². The van der Waals surface area contributed by atoms with Crippen molar-refractivity contribution in [2.24, 2.45) is 0 Å². The highest BCUT2D eigenvalue weighted by atomic mass is 16.4. The van der Waals surface area contributed by atoms with E-state index in [-0.39, 0.29) is 10.8 Å². The van der Waals surface area contributed by atoms with Crippen LogP contribution in [0.3, 0.4) is 0 Å². The highest BCUT2D eigenvalue weighted by Crippen LogP contribution is 2.36. The van der Waals surface area contributed by atoms with Crippen molar-refractivity contribution in [3.05, 3.63) is 56.7 Å². The summed E-state index contributed by atoms with van der Waals surface area (Å²) in [5.41, 5.74) is 0.529. The van der Waals surface area contributed by atoms with Gasteiger partial charge in [0.05, 0.1) is 5.52 Å². The number of aromatic amines is 1. The summed E-state index contributed by atoms with van der Waals surface area (Å²) in [6.07, 6.45) is 3.26. The van der Waals surface area contributed by atoms with Crippen LogP contribution in [0.1, 0.15) is 30.9 Å². The van der Waals surface area contributed by atoms with Crippen molar-refractivity contribution in [3.8, 4) is 0 Å². The van der Waals surface area contributed by atoms with Gasteiger partial charge in [-0.15, -0.1) is 0 Å². The van der Waals surface area contributed by atoms with Crippen LogP contribution in [0.25, 0.3) is 21.8 Å². The zero-order valence-electron chi connectivity index (χ0n) is 10.8. The molecular formula is C16H13NO3. The van der Waals surface area contributed by atoms with E-state index in [1.165, 1.54) is 6.42 Å². The van der Waals surface area contributed by atoms with Crippen LogP contribution in [0.15, 0.2) is 44.3 Å². The van der Waals surface area contributed by atoms with Crippen LogP contribution in [0.2, 0.25) is 0 Å². The summed E-state index contributed by atoms with van der Waals surface area (Å²) < 4.78 is 5.35. The van der Waals surface area contributed by atoms with Gasteiger partial charge in [0.25, 0.3) is 0 Å². The molecule has 4 rings (SSSR count). The summed E-state index contributed by atoms with van der Waals surface area (Å²) in [7, 11) is 0. The Hall–Kier alpha value is -2.36. The number of benzene rings is 1. The van der Waals surface area contributed by atoms with Crippen molar-refractivity contribution in [1.82, 2.24) is 4.98 Å². The van der Waals surface area contributed by atoms with Crippen LogP contribution in [0, 0.1) is 0 Å². The molecule has 2 aromatic heterocycles. The molecule has 2 heterocycles. The number of aromatic nitrogens is 1. The second kappa shape index (κ2) is 4.07. The van der Waals surface area contributed by atoms with E-state index in [0.29, 0.717) is 22.6 Å². The Balaban J connectivity index is 2.12. The quantitative estimate of drug-likeness (QED) is 0.689. The van der Waals surface area contributed by atoms with Crippen LogP contribution in [-0.4, -0.2) is 4.98 Å². The molecule has 0 amide bonds. The Morgan fingerprint density at radius 3 is 2.65 bits per heavy atom. The van der Waals surface area contributed by atoms with Crippen LogP contribution in [-0.2, 0) is 0 Å². The summed E-state index contributed by atoms with van der Waals surface area (Å²) in [6.45, 7) is 0. The number of hydrogen-bond donors (Lipinski definition) is 1. The van der Waals surface area contributed by atoms with E-state index in [1.807, 2.05) is 18.2 Å². The standard InChI is InChI=1S/C16H13NO3/c18-15-10-6-1-2-7-11(10)17-12-8-13(9-4-3-5-9)20-16(19)14(12)15/h1-2,6-9H,3-5H2,(H,17,18). The molecule has 3 aromatic rings. The lowest BCUT2D eigenvalue weighted by molar-refractivity contribution is 0.331. The molecule has 0 saturated heterocycles. The predicted octanol–water partition coefficient (Wildman–Crippen LogP) is 2.90. The van der Waals surface area contributed by atoms with Gasteiger partial charge in [-0.3, -0.25) is 4.79 Å². The number of hydrogen-bond acceptors (Lipinski definition) is 3. The van der Waals surface area contributed by atoms with E-state index in [2.05, 4.69) is 4.98 Å². The summed E-state index contributed by atoms with van der Waals surface area (Å²) in [5.74, 6) is 1.02. The highest BCUT2D eigenvalue weighted by molar-refractivity contribution is 5.91. The molecule has 20 heavy (non-hydrogen) atoms. The van der Waals surface area contributed by atoms with Gasteiger partial charge >= 0.3 is 5.63 Å². The Bertz CT molecular complexity index is 932. The Labute approximate surface area is 114 Å². The molecule has 1 fully saturated rings. The molecule has 1 aliphatic rings. The van der Waals surface area contributed by atoms with Gasteiger partial charge in [0.15, 0.2) is 0 Å². The lowest BCUT2D eigenvalue weighted by atomic mass is 9.83. The molecule has 100 valence electrons. The Morgan fingerprint density at radius 2 is 1.90 bits per heavy atom. The second-order valence-corrected chi connectivity index (χ2v) is 5.35. The average Bonchev–Trinajstić information content (AvgIpc) is 2.36. The number of para-hydroxylation sites is 1. The van der Waals surface area contributed by atoms with Gasteiger partial charge in [0, 0.05) is 22.9 Å². The minimum absolute atomic E-state index is 0.117. The average molecular weight is 267 g/mol. The van der Waals surface area contributed by atoms with Crippen LogP contribution in [0.5, 0.6) is 0 Å². The molecule has 0 bridgehead atoms. The first-order chi connectivity index (χ1) is 9.74. The zero-order chi connectivity index (χ0) is 13.7. The molecule has 4 heteroatoms. The third-order valence-corrected chi connectivity index (χ3v) is 4.15. The molecule has 0 aliphatic heterocycles. The van der Waals surface area contributed by atoms with Crippen molar-refractivity contribution in [2.75, 3.05) is 0 Å². The van der Waals surface area contributed by atoms with Gasteiger partial charge in [0.1, 0.15) is 11.1 Å². The van der Waals surface area contributed by atoms with Gasteiger partial charge in [-0.2, -0.15) is 0 Å². The maximum absolute atomic E-state index is 12.4. The fourth-order valence-electron chi connectivity index (χ4n) is 2.79. The SMILES string of the molecule is O=c1oc(C2CCC2)cc2[nH]c3ccccc3c(=O)c12. The maximum Gasteiger partial charge on any atom is 0.349 e. The summed E-state index contributed by atoms with van der Waals surface area (Å²) in [6, 6.07) is 9.02. The summed E-state index contributed by atoms with van der Waals surface area (Å²) in [5, 5.41) is 0.635. The summed E-state index contributed by atoms with van der Waals surface area (Å²) >= 11 is 0. The minimum Gasteiger partial charge on any atom is -0.427 e. The third-order valence-electron chi connectivity index (χ3n) is 4.15. The van der Waals surface area contributed by atoms with E-state index in [9.17, 15) is 9.59 Å². The Morgan fingerprint density at radius 1 is 1.10 bits per heavy atom. The molecule has 1 aromatic carbocycles. The summed E-state index contributed by atoms with van der Waals surface area (Å²) in [4.78, 5) is 27.7. The van der Waals surface area contributed by atoms with Gasteiger partial charge < -0.3 is 9.40 Å². The largest absolute Gasteiger partial charge is 0.427 e. The number of fused-ring (bicyclic) bond motifs is 2. The van der Waals surface area contributed by atoms with Gasteiger partial charge in [-0.05, 0) is 25.0 Å². The molecule has 0 radical (unpaired) electrons. The molecule has 0 spiro atoms. The number of pyridine rings is 1. The molecular weight excluding hydrogens is 254 g/mol. The highest BCUT2D eigenvalue weighted by Gasteiger charge is 2.23. The fraction of sp³-hybridized carbons (Fsp3) is 0.250. The third kappa shape index (κ3) is 1.54. The van der Waals surface area contributed by atoms with E-state index >= 15 is 0 Å². The number of rotatable bonds is 1. The minimum atomic E-state index is -0.531. The molecule has 1 saturated carbocycles.